The second-order valence-electron chi connectivity index (χ2n) is 8.98. The minimum Gasteiger partial charge on any atom is -0.490 e. The summed E-state index contributed by atoms with van der Waals surface area (Å²) in [4.78, 5) is 28.4. The van der Waals surface area contributed by atoms with Gasteiger partial charge >= 0.3 is 5.97 Å². The highest BCUT2D eigenvalue weighted by Crippen LogP contribution is 2.23. The maximum absolute atomic E-state index is 12.5. The molecule has 1 aromatic heterocycles. The first kappa shape index (κ1) is 26.3. The van der Waals surface area contributed by atoms with Crippen molar-refractivity contribution in [3.63, 3.8) is 0 Å². The van der Waals surface area contributed by atoms with Gasteiger partial charge in [0.1, 0.15) is 17.7 Å². The molecule has 188 valence electrons. The second-order valence-corrected chi connectivity index (χ2v) is 8.98. The number of hydrogen-bond donors (Lipinski definition) is 1. The summed E-state index contributed by atoms with van der Waals surface area (Å²) >= 11 is 0. The van der Waals surface area contributed by atoms with Crippen LogP contribution in [0.2, 0.25) is 0 Å². The summed E-state index contributed by atoms with van der Waals surface area (Å²) in [5.74, 6) is 0.793. The predicted octanol–water partition coefficient (Wildman–Crippen LogP) is 5.50. The molecular weight excluding hydrogens is 442 g/mol. The molecule has 3 aromatic rings. The summed E-state index contributed by atoms with van der Waals surface area (Å²) < 4.78 is 7.87. The van der Waals surface area contributed by atoms with Crippen molar-refractivity contribution in [1.82, 2.24) is 9.66 Å². The third-order valence-electron chi connectivity index (χ3n) is 6.13. The Bertz CT molecular complexity index is 1140. The average Bonchev–Trinajstić information content (AvgIpc) is 3.20. The Morgan fingerprint density at radius 1 is 1.06 bits per heavy atom. The molecule has 0 bridgehead atoms. The van der Waals surface area contributed by atoms with E-state index in [0.29, 0.717) is 18.6 Å². The van der Waals surface area contributed by atoms with Crippen LogP contribution in [-0.2, 0) is 22.4 Å². The highest BCUT2D eigenvalue weighted by molar-refractivity contribution is 5.88. The number of unbranched alkanes of at least 4 members (excludes halogenated alkanes) is 1. The Morgan fingerprint density at radius 3 is 2.40 bits per heavy atom. The number of nitrogens with zero attached hydrogens (tertiary/aromatic N) is 3. The molecule has 7 nitrogen and oxygen atoms in total. The van der Waals surface area contributed by atoms with Gasteiger partial charge in [0.2, 0.25) is 5.91 Å². The highest BCUT2D eigenvalue weighted by atomic mass is 16.5. The summed E-state index contributed by atoms with van der Waals surface area (Å²) in [6.07, 6.45) is 5.32. The largest absolute Gasteiger partial charge is 0.490 e. The highest BCUT2D eigenvalue weighted by Gasteiger charge is 2.18. The molecule has 0 radical (unpaired) electrons. The van der Waals surface area contributed by atoms with Crippen molar-refractivity contribution >= 4 is 22.9 Å². The lowest BCUT2D eigenvalue weighted by atomic mass is 10.0. The predicted molar refractivity (Wildman–Crippen MR) is 139 cm³/mol. The first-order valence-corrected chi connectivity index (χ1v) is 12.6. The van der Waals surface area contributed by atoms with Gasteiger partial charge in [-0.3, -0.25) is 14.6 Å². The van der Waals surface area contributed by atoms with Crippen LogP contribution in [0.3, 0.4) is 0 Å². The topological polar surface area (TPSA) is 84.7 Å². The molecule has 0 spiro atoms. The maximum Gasteiger partial charge on any atom is 0.307 e. The van der Waals surface area contributed by atoms with Gasteiger partial charge in [0.25, 0.3) is 0 Å². The van der Waals surface area contributed by atoms with Gasteiger partial charge in [-0.1, -0.05) is 51.8 Å². The normalized spacial score (nSPS) is 12.0. The third-order valence-corrected chi connectivity index (χ3v) is 6.13. The van der Waals surface area contributed by atoms with Gasteiger partial charge in [0.05, 0.1) is 17.5 Å². The van der Waals surface area contributed by atoms with Crippen molar-refractivity contribution in [2.45, 2.75) is 78.2 Å². The smallest absolute Gasteiger partial charge is 0.307 e. The van der Waals surface area contributed by atoms with Gasteiger partial charge in [0, 0.05) is 19.9 Å². The van der Waals surface area contributed by atoms with Crippen molar-refractivity contribution in [2.24, 2.45) is 0 Å². The van der Waals surface area contributed by atoms with E-state index in [1.165, 1.54) is 0 Å². The van der Waals surface area contributed by atoms with Gasteiger partial charge in [-0.15, -0.1) is 0 Å². The van der Waals surface area contributed by atoms with Crippen molar-refractivity contribution in [1.29, 1.82) is 0 Å². The van der Waals surface area contributed by atoms with Gasteiger partial charge in [-0.25, -0.2) is 9.66 Å². The molecular formula is C28H37N3O4. The Balaban J connectivity index is 1.82. The summed E-state index contributed by atoms with van der Waals surface area (Å²) in [7, 11) is 1.81. The summed E-state index contributed by atoms with van der Waals surface area (Å²) in [5, 5.41) is 10.8. The zero-order valence-corrected chi connectivity index (χ0v) is 21.3. The van der Waals surface area contributed by atoms with Crippen LogP contribution in [0.4, 0.5) is 0 Å². The SMILES string of the molecule is CCCCc1nc2ccc(Cc3ccc(OC(CCC)CC(=O)O)cc3)cc2n1N(C)C(=O)CC. The van der Waals surface area contributed by atoms with Gasteiger partial charge < -0.3 is 9.84 Å². The lowest BCUT2D eigenvalue weighted by Gasteiger charge is -2.21. The van der Waals surface area contributed by atoms with E-state index in [1.807, 2.05) is 55.9 Å². The number of amides is 1. The number of carbonyl (C=O) groups excluding carboxylic acids is 1. The van der Waals surface area contributed by atoms with E-state index >= 15 is 0 Å². The van der Waals surface area contributed by atoms with Crippen LogP contribution in [0.25, 0.3) is 11.0 Å². The molecule has 1 N–H and O–H groups in total. The molecule has 3 rings (SSSR count). The number of carboxylic acid groups (broad SMARTS) is 1. The molecule has 2 aromatic carbocycles. The van der Waals surface area contributed by atoms with Crippen LogP contribution >= 0.6 is 0 Å². The van der Waals surface area contributed by atoms with E-state index < -0.39 is 5.97 Å². The Hall–Kier alpha value is -3.35. The molecule has 1 heterocycles. The Labute approximate surface area is 207 Å². The standard InChI is InChI=1S/C28H37N3O4/c1-5-8-10-26-29-24-16-13-21(18-25(24)31(26)30(4)27(32)7-3)17-20-11-14-22(15-12-20)35-23(9-6-2)19-28(33)34/h11-16,18,23H,5-10,17,19H2,1-4H3,(H,33,34). The molecule has 1 amide bonds. The molecule has 0 aliphatic heterocycles. The van der Waals surface area contributed by atoms with Crippen LogP contribution < -0.4 is 9.75 Å². The van der Waals surface area contributed by atoms with Crippen molar-refractivity contribution in [3.8, 4) is 5.75 Å². The van der Waals surface area contributed by atoms with Crippen LogP contribution in [0.5, 0.6) is 5.75 Å². The molecule has 0 saturated heterocycles. The quantitative estimate of drug-likeness (QED) is 0.350. The number of imidazole rings is 1. The number of rotatable bonds is 13. The lowest BCUT2D eigenvalue weighted by Crippen LogP contribution is -2.37. The van der Waals surface area contributed by atoms with Crippen LogP contribution in [0.1, 0.15) is 76.2 Å². The number of aliphatic carboxylic acids is 1. The molecule has 1 atom stereocenters. The average molecular weight is 480 g/mol. The zero-order valence-electron chi connectivity index (χ0n) is 21.3. The van der Waals surface area contributed by atoms with E-state index in [9.17, 15) is 9.59 Å². The molecule has 0 aliphatic carbocycles. The fraction of sp³-hybridized carbons (Fsp3) is 0.464. The molecule has 0 saturated carbocycles. The number of hydrogen-bond acceptors (Lipinski definition) is 4. The molecule has 7 heteroatoms. The fourth-order valence-corrected chi connectivity index (χ4v) is 4.27. The second kappa shape index (κ2) is 12.4. The van der Waals surface area contributed by atoms with Crippen molar-refractivity contribution in [3.05, 3.63) is 59.4 Å². The van der Waals surface area contributed by atoms with E-state index in [2.05, 4.69) is 19.1 Å². The Morgan fingerprint density at radius 2 is 1.77 bits per heavy atom. The zero-order chi connectivity index (χ0) is 25.4. The van der Waals surface area contributed by atoms with Gasteiger partial charge in [0.15, 0.2) is 0 Å². The lowest BCUT2D eigenvalue weighted by molar-refractivity contribution is -0.138. The molecule has 0 aliphatic rings. The summed E-state index contributed by atoms with van der Waals surface area (Å²) in [6.45, 7) is 6.04. The maximum atomic E-state index is 12.5. The Kier molecular flexibility index (Phi) is 9.29. The summed E-state index contributed by atoms with van der Waals surface area (Å²) in [5.41, 5.74) is 4.08. The molecule has 35 heavy (non-hydrogen) atoms. The first-order valence-electron chi connectivity index (χ1n) is 12.6. The third kappa shape index (κ3) is 6.84. The number of carbonyl (C=O) groups is 2. The van der Waals surface area contributed by atoms with E-state index in [4.69, 9.17) is 14.8 Å². The van der Waals surface area contributed by atoms with Gasteiger partial charge in [-0.2, -0.15) is 0 Å². The van der Waals surface area contributed by atoms with E-state index in [-0.39, 0.29) is 18.4 Å². The van der Waals surface area contributed by atoms with Crippen molar-refractivity contribution < 1.29 is 19.4 Å². The van der Waals surface area contributed by atoms with Gasteiger partial charge in [-0.05, 0) is 54.7 Å². The van der Waals surface area contributed by atoms with Crippen LogP contribution in [-0.4, -0.2) is 39.8 Å². The summed E-state index contributed by atoms with van der Waals surface area (Å²) in [6, 6.07) is 14.1. The number of fused-ring (bicyclic) bond motifs is 1. The number of aromatic nitrogens is 2. The minimum absolute atomic E-state index is 0.00148. The first-order chi connectivity index (χ1) is 16.9. The van der Waals surface area contributed by atoms with Crippen LogP contribution in [0.15, 0.2) is 42.5 Å². The molecule has 1 unspecified atom stereocenters. The number of aryl methyl sites for hydroxylation is 1. The van der Waals surface area contributed by atoms with Crippen LogP contribution in [0, 0.1) is 0 Å². The monoisotopic (exact) mass is 479 g/mol. The van der Waals surface area contributed by atoms with E-state index in [0.717, 1.165) is 60.1 Å². The number of benzene rings is 2. The van der Waals surface area contributed by atoms with Crippen molar-refractivity contribution in [2.75, 3.05) is 12.1 Å². The minimum atomic E-state index is -0.848. The molecule has 0 fully saturated rings. The fourth-order valence-electron chi connectivity index (χ4n) is 4.27. The number of carboxylic acids is 1. The van der Waals surface area contributed by atoms with E-state index in [1.54, 1.807) is 5.01 Å². The number of ether oxygens (including phenoxy) is 1.